The van der Waals surface area contributed by atoms with Crippen LogP contribution in [0.3, 0.4) is 0 Å². The summed E-state index contributed by atoms with van der Waals surface area (Å²) in [6.45, 7) is 16.6. The van der Waals surface area contributed by atoms with Crippen LogP contribution in [-0.2, 0) is 0 Å². The van der Waals surface area contributed by atoms with Crippen LogP contribution in [0, 0.1) is 0 Å². The highest BCUT2D eigenvalue weighted by Gasteiger charge is 2.32. The summed E-state index contributed by atoms with van der Waals surface area (Å²) in [5.74, 6) is 0. The third-order valence-corrected chi connectivity index (χ3v) is 6.75. The Morgan fingerprint density at radius 1 is 0.700 bits per heavy atom. The van der Waals surface area contributed by atoms with Gasteiger partial charge in [0, 0.05) is 0 Å². The zero-order valence-electron chi connectivity index (χ0n) is 8.50. The molecule has 1 heteroatoms. The van der Waals surface area contributed by atoms with Gasteiger partial charge >= 0.3 is 0 Å². The van der Waals surface area contributed by atoms with Crippen LogP contribution in [0.1, 0.15) is 41.5 Å². The largest absolute Gasteiger partial charge is 0.0703 e. The van der Waals surface area contributed by atoms with E-state index in [0.29, 0.717) is 10.1 Å². The molecule has 0 aromatic heterocycles. The highest BCUT2D eigenvalue weighted by molar-refractivity contribution is 6.63. The van der Waals surface area contributed by atoms with E-state index in [1.165, 1.54) is 0 Å². The van der Waals surface area contributed by atoms with Gasteiger partial charge < -0.3 is 0 Å². The molecule has 0 saturated carbocycles. The molecule has 0 aromatic carbocycles. The fourth-order valence-corrected chi connectivity index (χ4v) is 3.38. The molecule has 0 aliphatic carbocycles. The molecular weight excluding hydrogens is 136 g/mol. The molecule has 0 aliphatic heterocycles. The van der Waals surface area contributed by atoms with Crippen LogP contribution in [0.5, 0.6) is 0 Å². The van der Waals surface area contributed by atoms with Crippen molar-refractivity contribution >= 4 is 8.80 Å². The molecule has 61 valence electrons. The predicted octanol–water partition coefficient (Wildman–Crippen LogP) is 3.71. The van der Waals surface area contributed by atoms with Crippen LogP contribution < -0.4 is 0 Å². The van der Waals surface area contributed by atoms with E-state index in [4.69, 9.17) is 0 Å². The standard InChI is InChI=1S/C9H21Si/c1-8(2,3)10(7)9(4,5)6/h1-7H3. The molecule has 0 nitrogen and oxygen atoms in total. The third kappa shape index (κ3) is 2.87. The van der Waals surface area contributed by atoms with E-state index in [2.05, 4.69) is 48.1 Å². The number of hydrogen-bond donors (Lipinski definition) is 0. The molecule has 10 heavy (non-hydrogen) atoms. The van der Waals surface area contributed by atoms with E-state index in [1.54, 1.807) is 0 Å². The first-order valence-corrected chi connectivity index (χ1v) is 6.00. The van der Waals surface area contributed by atoms with Crippen LogP contribution in [0.2, 0.25) is 16.6 Å². The second-order valence-electron chi connectivity index (χ2n) is 5.12. The van der Waals surface area contributed by atoms with Gasteiger partial charge in [-0.2, -0.15) is 0 Å². The molecule has 0 aromatic rings. The zero-order valence-corrected chi connectivity index (χ0v) is 9.50. The van der Waals surface area contributed by atoms with Crippen molar-refractivity contribution in [3.05, 3.63) is 0 Å². The van der Waals surface area contributed by atoms with Crippen molar-refractivity contribution in [2.45, 2.75) is 58.2 Å². The average molecular weight is 157 g/mol. The lowest BCUT2D eigenvalue weighted by Gasteiger charge is -2.36. The van der Waals surface area contributed by atoms with E-state index < -0.39 is 0 Å². The molecule has 0 N–H and O–H groups in total. The van der Waals surface area contributed by atoms with Crippen LogP contribution in [0.15, 0.2) is 0 Å². The van der Waals surface area contributed by atoms with Gasteiger partial charge in [-0.25, -0.2) is 0 Å². The minimum Gasteiger partial charge on any atom is -0.0703 e. The quantitative estimate of drug-likeness (QED) is 0.470. The lowest BCUT2D eigenvalue weighted by molar-refractivity contribution is 0.647. The van der Waals surface area contributed by atoms with Gasteiger partial charge in [-0.3, -0.25) is 0 Å². The zero-order chi connectivity index (χ0) is 8.58. The lowest BCUT2D eigenvalue weighted by atomic mass is 10.2. The van der Waals surface area contributed by atoms with Crippen LogP contribution in [0.25, 0.3) is 0 Å². The molecule has 0 heterocycles. The van der Waals surface area contributed by atoms with Gasteiger partial charge in [0.15, 0.2) is 0 Å². The molecule has 0 saturated heterocycles. The third-order valence-electron chi connectivity index (χ3n) is 2.25. The Labute approximate surface area is 67.6 Å². The fraction of sp³-hybridized carbons (Fsp3) is 1.00. The van der Waals surface area contributed by atoms with E-state index in [1.807, 2.05) is 0 Å². The van der Waals surface area contributed by atoms with Gasteiger partial charge in [0.1, 0.15) is 0 Å². The van der Waals surface area contributed by atoms with Gasteiger partial charge in [-0.15, -0.1) is 0 Å². The summed E-state index contributed by atoms with van der Waals surface area (Å²) < 4.78 is 0. The summed E-state index contributed by atoms with van der Waals surface area (Å²) >= 11 is 0. The molecule has 1 radical (unpaired) electrons. The Kier molecular flexibility index (Phi) is 2.75. The van der Waals surface area contributed by atoms with E-state index in [0.717, 1.165) is 0 Å². The molecule has 0 spiro atoms. The second-order valence-corrected chi connectivity index (χ2v) is 9.38. The molecule has 0 amide bonds. The average Bonchev–Trinajstić information content (AvgIpc) is 1.59. The summed E-state index contributed by atoms with van der Waals surface area (Å²) in [6, 6.07) is 0. The maximum atomic E-state index is 2.44. The first-order chi connectivity index (χ1) is 4.15. The van der Waals surface area contributed by atoms with Crippen molar-refractivity contribution < 1.29 is 0 Å². The Balaban J connectivity index is 4.23. The normalized spacial score (nSPS) is 14.4. The molecule has 0 atom stereocenters. The van der Waals surface area contributed by atoms with Gasteiger partial charge in [-0.1, -0.05) is 48.1 Å². The Hall–Kier alpha value is 0.217. The van der Waals surface area contributed by atoms with Crippen molar-refractivity contribution in [1.82, 2.24) is 0 Å². The maximum absolute atomic E-state index is 2.44. The van der Waals surface area contributed by atoms with Crippen molar-refractivity contribution in [1.29, 1.82) is 0 Å². The smallest absolute Gasteiger partial charge is 0.0561 e. The van der Waals surface area contributed by atoms with E-state index in [-0.39, 0.29) is 8.80 Å². The Morgan fingerprint density at radius 3 is 0.900 bits per heavy atom. The topological polar surface area (TPSA) is 0 Å². The summed E-state index contributed by atoms with van der Waals surface area (Å²) in [4.78, 5) is 0. The first-order valence-electron chi connectivity index (χ1n) is 4.00. The first kappa shape index (κ1) is 10.2. The van der Waals surface area contributed by atoms with Gasteiger partial charge in [0.05, 0.1) is 8.80 Å². The van der Waals surface area contributed by atoms with Crippen molar-refractivity contribution in [2.24, 2.45) is 0 Å². The summed E-state index contributed by atoms with van der Waals surface area (Å²) in [7, 11) is -0.221. The molecule has 0 unspecified atom stereocenters. The monoisotopic (exact) mass is 157 g/mol. The molecular formula is C9H21Si. The lowest BCUT2D eigenvalue weighted by Crippen LogP contribution is -2.31. The minimum absolute atomic E-state index is 0.221. The van der Waals surface area contributed by atoms with Crippen molar-refractivity contribution in [3.8, 4) is 0 Å². The van der Waals surface area contributed by atoms with Crippen LogP contribution in [0.4, 0.5) is 0 Å². The fourth-order valence-electron chi connectivity index (χ4n) is 1.12. The van der Waals surface area contributed by atoms with Crippen LogP contribution in [-0.4, -0.2) is 8.80 Å². The second kappa shape index (κ2) is 2.69. The number of hydrogen-bond acceptors (Lipinski definition) is 0. The van der Waals surface area contributed by atoms with E-state index >= 15 is 0 Å². The van der Waals surface area contributed by atoms with Gasteiger partial charge in [0.2, 0.25) is 0 Å². The van der Waals surface area contributed by atoms with Gasteiger partial charge in [0.25, 0.3) is 0 Å². The summed E-state index contributed by atoms with van der Waals surface area (Å²) in [6.07, 6.45) is 0. The Morgan fingerprint density at radius 2 is 0.900 bits per heavy atom. The Bertz CT molecular complexity index is 88.9. The minimum atomic E-state index is -0.221. The number of rotatable bonds is 0. The molecule has 0 bridgehead atoms. The molecule has 0 aliphatic rings. The summed E-state index contributed by atoms with van der Waals surface area (Å²) in [5, 5.41) is 1.09. The van der Waals surface area contributed by atoms with Crippen molar-refractivity contribution in [3.63, 3.8) is 0 Å². The maximum Gasteiger partial charge on any atom is 0.0561 e. The SMILES string of the molecule is C[Si](C(C)(C)C)C(C)(C)C. The van der Waals surface area contributed by atoms with Crippen molar-refractivity contribution in [2.75, 3.05) is 0 Å². The molecule has 0 fully saturated rings. The van der Waals surface area contributed by atoms with Gasteiger partial charge in [-0.05, 0) is 10.1 Å². The highest BCUT2D eigenvalue weighted by Crippen LogP contribution is 2.41. The van der Waals surface area contributed by atoms with E-state index in [9.17, 15) is 0 Å². The van der Waals surface area contributed by atoms with Crippen LogP contribution >= 0.6 is 0 Å². The molecule has 0 rings (SSSR count). The summed E-state index contributed by atoms with van der Waals surface area (Å²) in [5.41, 5.74) is 0. The highest BCUT2D eigenvalue weighted by atomic mass is 28.3. The predicted molar refractivity (Wildman–Crippen MR) is 51.0 cm³/mol.